The molecule has 2 heteroatoms. The summed E-state index contributed by atoms with van der Waals surface area (Å²) < 4.78 is 0. The standard InChI is InChI=1S/C13H22N2/c1-2-6-12(7-3-1)15-9-11-5-4-8-14-13(11)10-15/h2,6,11-14H,1,3-5,7-10H2. The summed E-state index contributed by atoms with van der Waals surface area (Å²) in [5.41, 5.74) is 0. The van der Waals surface area contributed by atoms with Crippen LogP contribution in [0.3, 0.4) is 0 Å². The largest absolute Gasteiger partial charge is 0.312 e. The van der Waals surface area contributed by atoms with Gasteiger partial charge in [0.1, 0.15) is 0 Å². The van der Waals surface area contributed by atoms with Gasteiger partial charge in [-0.2, -0.15) is 0 Å². The fourth-order valence-corrected chi connectivity index (χ4v) is 3.45. The quantitative estimate of drug-likeness (QED) is 0.658. The summed E-state index contributed by atoms with van der Waals surface area (Å²) in [5, 5.41) is 3.68. The molecule has 0 bridgehead atoms. The fourth-order valence-electron chi connectivity index (χ4n) is 3.45. The average Bonchev–Trinajstić information content (AvgIpc) is 2.74. The molecule has 3 unspecified atom stereocenters. The van der Waals surface area contributed by atoms with Gasteiger partial charge in [0.15, 0.2) is 0 Å². The minimum atomic E-state index is 0.756. The molecule has 0 radical (unpaired) electrons. The number of piperidine rings is 1. The smallest absolute Gasteiger partial charge is 0.0279 e. The number of nitrogens with one attached hydrogen (secondary N) is 1. The van der Waals surface area contributed by atoms with Gasteiger partial charge in [0, 0.05) is 25.2 Å². The predicted octanol–water partition coefficient (Wildman–Crippen LogP) is 1.78. The van der Waals surface area contributed by atoms with Crippen molar-refractivity contribution in [2.45, 2.75) is 44.2 Å². The SMILES string of the molecule is C1=CC(N2CC3CCCNC3C2)CCC1. The summed E-state index contributed by atoms with van der Waals surface area (Å²) in [5.74, 6) is 0.939. The number of hydrogen-bond donors (Lipinski definition) is 1. The van der Waals surface area contributed by atoms with Crippen LogP contribution in [0.1, 0.15) is 32.1 Å². The molecular formula is C13H22N2. The van der Waals surface area contributed by atoms with Gasteiger partial charge in [-0.3, -0.25) is 4.90 Å². The molecule has 2 heterocycles. The van der Waals surface area contributed by atoms with E-state index in [0.29, 0.717) is 0 Å². The topological polar surface area (TPSA) is 15.3 Å². The zero-order valence-corrected chi connectivity index (χ0v) is 9.49. The Morgan fingerprint density at radius 2 is 2.13 bits per heavy atom. The zero-order chi connectivity index (χ0) is 10.1. The van der Waals surface area contributed by atoms with E-state index >= 15 is 0 Å². The number of likely N-dealkylation sites (tertiary alicyclic amines) is 1. The van der Waals surface area contributed by atoms with Crippen LogP contribution in [0.4, 0.5) is 0 Å². The molecule has 2 saturated heterocycles. The first-order chi connectivity index (χ1) is 7.43. The van der Waals surface area contributed by atoms with E-state index in [2.05, 4.69) is 22.4 Å². The van der Waals surface area contributed by atoms with E-state index in [1.165, 1.54) is 51.7 Å². The second-order valence-electron chi connectivity index (χ2n) is 5.34. The Labute approximate surface area is 92.7 Å². The highest BCUT2D eigenvalue weighted by Gasteiger charge is 2.36. The first-order valence-corrected chi connectivity index (χ1v) is 6.57. The van der Waals surface area contributed by atoms with E-state index in [1.54, 1.807) is 0 Å². The molecule has 0 amide bonds. The van der Waals surface area contributed by atoms with Crippen LogP contribution in [-0.2, 0) is 0 Å². The highest BCUT2D eigenvalue weighted by atomic mass is 15.2. The number of allylic oxidation sites excluding steroid dienone is 1. The van der Waals surface area contributed by atoms with Crippen LogP contribution in [0.15, 0.2) is 12.2 Å². The van der Waals surface area contributed by atoms with Gasteiger partial charge in [-0.05, 0) is 44.6 Å². The lowest BCUT2D eigenvalue weighted by molar-refractivity contribution is 0.252. The second-order valence-corrected chi connectivity index (χ2v) is 5.34. The lowest BCUT2D eigenvalue weighted by Crippen LogP contribution is -2.41. The molecule has 0 saturated carbocycles. The van der Waals surface area contributed by atoms with E-state index in [1.807, 2.05) is 0 Å². The number of fused-ring (bicyclic) bond motifs is 1. The summed E-state index contributed by atoms with van der Waals surface area (Å²) in [7, 11) is 0. The van der Waals surface area contributed by atoms with Gasteiger partial charge in [-0.1, -0.05) is 12.2 Å². The molecule has 0 aromatic heterocycles. The molecule has 0 aromatic rings. The van der Waals surface area contributed by atoms with Crippen LogP contribution in [0.25, 0.3) is 0 Å². The van der Waals surface area contributed by atoms with Crippen LogP contribution < -0.4 is 5.32 Å². The minimum Gasteiger partial charge on any atom is -0.312 e. The highest BCUT2D eigenvalue weighted by Crippen LogP contribution is 2.28. The average molecular weight is 206 g/mol. The maximum Gasteiger partial charge on any atom is 0.0279 e. The first-order valence-electron chi connectivity index (χ1n) is 6.57. The lowest BCUT2D eigenvalue weighted by atomic mass is 9.94. The van der Waals surface area contributed by atoms with Gasteiger partial charge in [0.25, 0.3) is 0 Å². The van der Waals surface area contributed by atoms with Gasteiger partial charge < -0.3 is 5.32 Å². The Kier molecular flexibility index (Phi) is 2.80. The van der Waals surface area contributed by atoms with Crippen molar-refractivity contribution < 1.29 is 0 Å². The van der Waals surface area contributed by atoms with Crippen LogP contribution in [0.5, 0.6) is 0 Å². The van der Waals surface area contributed by atoms with Crippen molar-refractivity contribution in [2.75, 3.05) is 19.6 Å². The Hall–Kier alpha value is -0.340. The van der Waals surface area contributed by atoms with Gasteiger partial charge in [-0.25, -0.2) is 0 Å². The summed E-state index contributed by atoms with van der Waals surface area (Å²) in [6.45, 7) is 3.88. The number of rotatable bonds is 1. The van der Waals surface area contributed by atoms with Crippen molar-refractivity contribution in [3.63, 3.8) is 0 Å². The molecule has 1 aliphatic carbocycles. The maximum absolute atomic E-state index is 3.68. The molecule has 0 spiro atoms. The van der Waals surface area contributed by atoms with Crippen LogP contribution in [0.2, 0.25) is 0 Å². The molecule has 2 fully saturated rings. The summed E-state index contributed by atoms with van der Waals surface area (Å²) >= 11 is 0. The molecule has 3 rings (SSSR count). The summed E-state index contributed by atoms with van der Waals surface area (Å²) in [6.07, 6.45) is 11.7. The molecule has 15 heavy (non-hydrogen) atoms. The first kappa shape index (κ1) is 9.86. The van der Waals surface area contributed by atoms with Gasteiger partial charge in [0.2, 0.25) is 0 Å². The van der Waals surface area contributed by atoms with E-state index in [-0.39, 0.29) is 0 Å². The van der Waals surface area contributed by atoms with Gasteiger partial charge in [0.05, 0.1) is 0 Å². The molecule has 3 aliphatic rings. The highest BCUT2D eigenvalue weighted by molar-refractivity contribution is 5.03. The Bertz CT molecular complexity index is 235. The van der Waals surface area contributed by atoms with Crippen molar-refractivity contribution in [3.05, 3.63) is 12.2 Å². The molecule has 3 atom stereocenters. The molecule has 0 aromatic carbocycles. The molecule has 84 valence electrons. The van der Waals surface area contributed by atoms with Crippen LogP contribution >= 0.6 is 0 Å². The maximum atomic E-state index is 3.68. The second kappa shape index (κ2) is 4.26. The van der Waals surface area contributed by atoms with Crippen molar-refractivity contribution >= 4 is 0 Å². The van der Waals surface area contributed by atoms with Crippen LogP contribution in [0, 0.1) is 5.92 Å². The summed E-state index contributed by atoms with van der Waals surface area (Å²) in [4.78, 5) is 2.71. The van der Waals surface area contributed by atoms with Gasteiger partial charge >= 0.3 is 0 Å². The minimum absolute atomic E-state index is 0.756. The van der Waals surface area contributed by atoms with Crippen LogP contribution in [-0.4, -0.2) is 36.6 Å². The van der Waals surface area contributed by atoms with Crippen molar-refractivity contribution in [1.29, 1.82) is 0 Å². The summed E-state index contributed by atoms with van der Waals surface area (Å²) in [6, 6.07) is 1.56. The number of nitrogens with zero attached hydrogens (tertiary/aromatic N) is 1. The predicted molar refractivity (Wildman–Crippen MR) is 62.9 cm³/mol. The fraction of sp³-hybridized carbons (Fsp3) is 0.846. The third-order valence-electron chi connectivity index (χ3n) is 4.33. The Balaban J connectivity index is 1.64. The zero-order valence-electron chi connectivity index (χ0n) is 9.49. The van der Waals surface area contributed by atoms with Crippen molar-refractivity contribution in [3.8, 4) is 0 Å². The Morgan fingerprint density at radius 3 is 2.93 bits per heavy atom. The lowest BCUT2D eigenvalue weighted by Gasteiger charge is -2.27. The van der Waals surface area contributed by atoms with E-state index in [4.69, 9.17) is 0 Å². The van der Waals surface area contributed by atoms with E-state index in [0.717, 1.165) is 18.0 Å². The third kappa shape index (κ3) is 1.98. The number of hydrogen-bond acceptors (Lipinski definition) is 2. The Morgan fingerprint density at radius 1 is 1.13 bits per heavy atom. The molecule has 2 nitrogen and oxygen atoms in total. The molecule has 2 aliphatic heterocycles. The normalized spacial score (nSPS) is 41.7. The van der Waals surface area contributed by atoms with Crippen molar-refractivity contribution in [1.82, 2.24) is 10.2 Å². The molecule has 1 N–H and O–H groups in total. The third-order valence-corrected chi connectivity index (χ3v) is 4.33. The van der Waals surface area contributed by atoms with E-state index in [9.17, 15) is 0 Å². The monoisotopic (exact) mass is 206 g/mol. The van der Waals surface area contributed by atoms with E-state index < -0.39 is 0 Å². The van der Waals surface area contributed by atoms with Crippen molar-refractivity contribution in [2.24, 2.45) is 5.92 Å². The van der Waals surface area contributed by atoms with Gasteiger partial charge in [-0.15, -0.1) is 0 Å². The molecular weight excluding hydrogens is 184 g/mol.